The second kappa shape index (κ2) is 13.1. The summed E-state index contributed by atoms with van der Waals surface area (Å²) in [7, 11) is 1.29. The van der Waals surface area contributed by atoms with E-state index in [-0.39, 0.29) is 30.9 Å². The quantitative estimate of drug-likeness (QED) is 0.258. The van der Waals surface area contributed by atoms with Gasteiger partial charge in [-0.1, -0.05) is 13.8 Å². The highest BCUT2D eigenvalue weighted by atomic mass is 19.2. The van der Waals surface area contributed by atoms with E-state index in [0.717, 1.165) is 11.0 Å². The van der Waals surface area contributed by atoms with Gasteiger partial charge in [0.05, 0.1) is 24.4 Å². The Morgan fingerprint density at radius 3 is 2.23 bits per heavy atom. The molecule has 0 aliphatic rings. The minimum Gasteiger partial charge on any atom is -0.550 e. The van der Waals surface area contributed by atoms with E-state index in [4.69, 9.17) is 0 Å². The van der Waals surface area contributed by atoms with Crippen molar-refractivity contribution in [1.82, 2.24) is 14.7 Å². The molecule has 0 aliphatic carbocycles. The number of carboxylic acids is 1. The Kier molecular flexibility index (Phi) is 10.0. The number of carboxylic acid groups (broad SMARTS) is 1. The maximum atomic E-state index is 14.3. The van der Waals surface area contributed by atoms with Gasteiger partial charge >= 0.3 is 0 Å². The molecular weight excluding hydrogens is 534 g/mol. The Morgan fingerprint density at radius 1 is 1.00 bits per heavy atom. The number of hydrogen-bond donors (Lipinski definition) is 2. The number of benzene rings is 2. The number of amides is 1. The van der Waals surface area contributed by atoms with Gasteiger partial charge in [0.15, 0.2) is 17.3 Å². The van der Waals surface area contributed by atoms with Gasteiger partial charge in [-0.2, -0.15) is 5.10 Å². The summed E-state index contributed by atoms with van der Waals surface area (Å²) in [6.07, 6.45) is -3.11. The van der Waals surface area contributed by atoms with Crippen LogP contribution in [0.4, 0.5) is 17.6 Å². The normalized spacial score (nSPS) is 12.9. The maximum Gasteiger partial charge on any atom is 0.274 e. The van der Waals surface area contributed by atoms with Crippen LogP contribution < -0.4 is 5.11 Å². The van der Waals surface area contributed by atoms with E-state index >= 15 is 0 Å². The predicted molar refractivity (Wildman–Crippen MR) is 134 cm³/mol. The van der Waals surface area contributed by atoms with E-state index in [0.29, 0.717) is 23.0 Å². The lowest BCUT2D eigenvalue weighted by molar-refractivity contribution is -0.307. The average Bonchev–Trinajstić information content (AvgIpc) is 3.26. The summed E-state index contributed by atoms with van der Waals surface area (Å²) >= 11 is 0. The Balaban J connectivity index is 1.99. The molecule has 40 heavy (non-hydrogen) atoms. The minimum atomic E-state index is -1.46. The smallest absolute Gasteiger partial charge is 0.274 e. The third kappa shape index (κ3) is 7.24. The van der Waals surface area contributed by atoms with Gasteiger partial charge in [-0.15, -0.1) is 0 Å². The number of aliphatic hydroxyl groups is 2. The monoisotopic (exact) mass is 564 g/mol. The summed E-state index contributed by atoms with van der Waals surface area (Å²) in [5.41, 5.74) is 0.659. The molecule has 3 aromatic rings. The number of aromatic nitrogens is 2. The number of aliphatic carboxylic acids is 1. The number of carbonyl (C=O) groups excluding carboxylic acids is 2. The summed E-state index contributed by atoms with van der Waals surface area (Å²) in [6, 6.07) is 6.68. The Labute approximate surface area is 228 Å². The maximum absolute atomic E-state index is 14.3. The van der Waals surface area contributed by atoms with Crippen molar-refractivity contribution in [2.75, 3.05) is 7.05 Å². The van der Waals surface area contributed by atoms with E-state index in [1.54, 1.807) is 13.8 Å². The molecule has 0 bridgehead atoms. The van der Waals surface area contributed by atoms with Crippen molar-refractivity contribution in [3.63, 3.8) is 0 Å². The molecule has 12 heteroatoms. The largest absolute Gasteiger partial charge is 0.550 e. The van der Waals surface area contributed by atoms with Crippen LogP contribution >= 0.6 is 0 Å². The van der Waals surface area contributed by atoms with E-state index < -0.39 is 65.9 Å². The molecule has 0 spiro atoms. The van der Waals surface area contributed by atoms with Gasteiger partial charge in [0.1, 0.15) is 11.6 Å². The highest BCUT2D eigenvalue weighted by Gasteiger charge is 2.29. The van der Waals surface area contributed by atoms with Crippen molar-refractivity contribution in [1.29, 1.82) is 0 Å². The fraction of sp³-hybridized carbons (Fsp3) is 0.393. The fourth-order valence-electron chi connectivity index (χ4n) is 4.48. The second-order valence-corrected chi connectivity index (χ2v) is 9.89. The Hall–Kier alpha value is -3.77. The molecule has 3 rings (SSSR count). The van der Waals surface area contributed by atoms with Gasteiger partial charge in [-0.05, 0) is 61.6 Å². The van der Waals surface area contributed by atoms with Gasteiger partial charge in [-0.25, -0.2) is 22.2 Å². The first kappa shape index (κ1) is 30.8. The number of halogens is 4. The molecule has 216 valence electrons. The molecule has 2 aromatic carbocycles. The molecule has 0 saturated heterocycles. The van der Waals surface area contributed by atoms with Crippen LogP contribution in [0.3, 0.4) is 0 Å². The minimum absolute atomic E-state index is 0.0551. The van der Waals surface area contributed by atoms with Crippen molar-refractivity contribution in [3.05, 3.63) is 82.2 Å². The third-order valence-electron chi connectivity index (χ3n) is 6.41. The number of hydrogen-bond acceptors (Lipinski definition) is 6. The molecule has 1 heterocycles. The summed E-state index contributed by atoms with van der Waals surface area (Å²) in [5.74, 6) is -6.66. The van der Waals surface area contributed by atoms with Crippen LogP contribution in [-0.4, -0.2) is 56.0 Å². The van der Waals surface area contributed by atoms with Crippen LogP contribution in [0.25, 0.3) is 5.69 Å². The third-order valence-corrected chi connectivity index (χ3v) is 6.41. The molecule has 2 N–H and O–H groups in total. The molecule has 1 amide bonds. The summed E-state index contributed by atoms with van der Waals surface area (Å²) in [4.78, 5) is 25.2. The number of nitrogens with zero attached hydrogens (tertiary/aromatic N) is 3. The van der Waals surface area contributed by atoms with Crippen LogP contribution in [-0.2, 0) is 17.8 Å². The highest BCUT2D eigenvalue weighted by Crippen LogP contribution is 2.30. The zero-order valence-electron chi connectivity index (χ0n) is 22.2. The van der Waals surface area contributed by atoms with Gasteiger partial charge in [0.2, 0.25) is 0 Å². The van der Waals surface area contributed by atoms with E-state index in [1.165, 1.54) is 36.0 Å². The van der Waals surface area contributed by atoms with Crippen molar-refractivity contribution in [3.8, 4) is 5.69 Å². The van der Waals surface area contributed by atoms with Gasteiger partial charge in [-0.3, -0.25) is 4.79 Å². The summed E-state index contributed by atoms with van der Waals surface area (Å²) in [6.45, 7) is 3.00. The number of carbonyl (C=O) groups is 2. The lowest BCUT2D eigenvalue weighted by Crippen LogP contribution is -2.29. The van der Waals surface area contributed by atoms with Crippen molar-refractivity contribution >= 4 is 11.9 Å². The molecule has 1 aromatic heterocycles. The highest BCUT2D eigenvalue weighted by molar-refractivity contribution is 5.94. The second-order valence-electron chi connectivity index (χ2n) is 9.89. The molecular formula is C28H30F4N3O5-. The molecule has 0 saturated carbocycles. The predicted octanol–water partition coefficient (Wildman–Crippen LogP) is 3.01. The van der Waals surface area contributed by atoms with Crippen LogP contribution in [0, 0.1) is 23.3 Å². The number of aliphatic hydroxyl groups excluding tert-OH is 2. The van der Waals surface area contributed by atoms with Gasteiger partial charge in [0.25, 0.3) is 5.91 Å². The number of rotatable bonds is 12. The Morgan fingerprint density at radius 2 is 1.62 bits per heavy atom. The van der Waals surface area contributed by atoms with Crippen LogP contribution in [0.1, 0.15) is 66.3 Å². The molecule has 0 fully saturated rings. The standard InChI is InChI=1S/C28H31F4N3O5/c1-15(2)25-23(11-8-18(36)12-19(37)13-24(38)39)35(17-6-4-16(29)5-7-17)33-27(25)28(40)34(3)14-20-21(30)9-10-22(31)26(20)32/h4-7,9-10,15,18-19,36-37H,8,11-14H2,1-3H3,(H,38,39)/p-1/t18-,19-/m1/s1. The van der Waals surface area contributed by atoms with E-state index in [1.807, 2.05) is 0 Å². The molecule has 0 aliphatic heterocycles. The average molecular weight is 565 g/mol. The first-order chi connectivity index (χ1) is 18.8. The van der Waals surface area contributed by atoms with Crippen molar-refractivity contribution < 1.29 is 42.5 Å². The molecule has 8 nitrogen and oxygen atoms in total. The van der Waals surface area contributed by atoms with Crippen molar-refractivity contribution in [2.45, 2.75) is 64.2 Å². The summed E-state index contributed by atoms with van der Waals surface area (Å²) in [5, 5.41) is 35.5. The molecule has 0 radical (unpaired) electrons. The zero-order valence-corrected chi connectivity index (χ0v) is 22.2. The van der Waals surface area contributed by atoms with E-state index in [9.17, 15) is 42.5 Å². The van der Waals surface area contributed by atoms with Gasteiger partial charge < -0.3 is 25.0 Å². The van der Waals surface area contributed by atoms with Crippen molar-refractivity contribution in [2.24, 2.45) is 0 Å². The lowest BCUT2D eigenvalue weighted by Gasteiger charge is -2.19. The Bertz CT molecular complexity index is 1360. The van der Waals surface area contributed by atoms with Gasteiger partial charge in [0, 0.05) is 36.3 Å². The zero-order chi connectivity index (χ0) is 29.7. The summed E-state index contributed by atoms with van der Waals surface area (Å²) < 4.78 is 57.3. The molecule has 2 atom stereocenters. The topological polar surface area (TPSA) is 119 Å². The first-order valence-electron chi connectivity index (χ1n) is 12.6. The first-order valence-corrected chi connectivity index (χ1v) is 12.6. The van der Waals surface area contributed by atoms with Crippen LogP contribution in [0.2, 0.25) is 0 Å². The fourth-order valence-corrected chi connectivity index (χ4v) is 4.48. The lowest BCUT2D eigenvalue weighted by atomic mass is 9.95. The van der Waals surface area contributed by atoms with E-state index in [2.05, 4.69) is 5.10 Å². The van der Waals surface area contributed by atoms with Crippen LogP contribution in [0.5, 0.6) is 0 Å². The molecule has 0 unspecified atom stereocenters. The SMILES string of the molecule is CC(C)c1c(C(=O)N(C)Cc2c(F)ccc(F)c2F)nn(-c2ccc(F)cc2)c1CC[C@@H](O)C[C@@H](O)CC(=O)[O-]. The van der Waals surface area contributed by atoms with Crippen LogP contribution in [0.15, 0.2) is 36.4 Å².